The quantitative estimate of drug-likeness (QED) is 0.847. The zero-order valence-electron chi connectivity index (χ0n) is 12.0. The molecule has 0 saturated carbocycles. The maximum Gasteiger partial charge on any atom is 0.326 e. The second-order valence-corrected chi connectivity index (χ2v) is 4.37. The van der Waals surface area contributed by atoms with E-state index in [1.165, 1.54) is 33.1 Å². The lowest BCUT2D eigenvalue weighted by atomic mass is 10.1. The van der Waals surface area contributed by atoms with Gasteiger partial charge in [-0.15, -0.1) is 0 Å². The number of hydrogen-bond donors (Lipinski definition) is 1. The van der Waals surface area contributed by atoms with Crippen LogP contribution in [0.25, 0.3) is 0 Å². The molecular weight excluding hydrogens is 262 g/mol. The Balaban J connectivity index is 2.91. The van der Waals surface area contributed by atoms with Gasteiger partial charge in [-0.05, 0) is 25.1 Å². The van der Waals surface area contributed by atoms with Crippen molar-refractivity contribution < 1.29 is 24.2 Å². The number of benzene rings is 1. The van der Waals surface area contributed by atoms with E-state index in [2.05, 4.69) is 0 Å². The number of carboxylic acids is 1. The molecule has 6 nitrogen and oxygen atoms in total. The molecule has 0 fully saturated rings. The molecule has 0 aliphatic carbocycles. The van der Waals surface area contributed by atoms with Crippen molar-refractivity contribution in [2.24, 2.45) is 0 Å². The Kier molecular flexibility index (Phi) is 5.37. The maximum absolute atomic E-state index is 12.1. The van der Waals surface area contributed by atoms with Gasteiger partial charge in [0.2, 0.25) is 5.91 Å². The largest absolute Gasteiger partial charge is 0.497 e. The Hall–Kier alpha value is -2.24. The van der Waals surface area contributed by atoms with E-state index in [9.17, 15) is 9.59 Å². The summed E-state index contributed by atoms with van der Waals surface area (Å²) >= 11 is 0. The minimum absolute atomic E-state index is 0.0501. The minimum atomic E-state index is -1.04. The van der Waals surface area contributed by atoms with Gasteiger partial charge >= 0.3 is 5.97 Å². The first-order valence-corrected chi connectivity index (χ1v) is 6.10. The Bertz CT molecular complexity index is 500. The second kappa shape index (κ2) is 6.79. The summed E-state index contributed by atoms with van der Waals surface area (Å²) in [7, 11) is 4.51. The smallest absolute Gasteiger partial charge is 0.326 e. The lowest BCUT2D eigenvalue weighted by molar-refractivity contribution is -0.148. The molecule has 0 saturated heterocycles. The van der Waals surface area contributed by atoms with Crippen LogP contribution in [-0.2, 0) is 16.0 Å². The molecule has 0 aliphatic rings. The summed E-state index contributed by atoms with van der Waals surface area (Å²) in [6.45, 7) is 1.46. The summed E-state index contributed by atoms with van der Waals surface area (Å²) in [6.07, 6.45) is 0.0501. The Morgan fingerprint density at radius 3 is 2.45 bits per heavy atom. The van der Waals surface area contributed by atoms with Crippen LogP contribution >= 0.6 is 0 Å². The molecule has 1 aromatic rings. The van der Waals surface area contributed by atoms with Crippen LogP contribution in [0.3, 0.4) is 0 Å². The highest BCUT2D eigenvalue weighted by Crippen LogP contribution is 2.24. The number of nitrogens with zero attached hydrogens (tertiary/aromatic N) is 1. The first kappa shape index (κ1) is 15.8. The molecule has 0 heterocycles. The van der Waals surface area contributed by atoms with Crippen molar-refractivity contribution in [3.8, 4) is 11.5 Å². The summed E-state index contributed by atoms with van der Waals surface area (Å²) in [5.74, 6) is -0.164. The van der Waals surface area contributed by atoms with Gasteiger partial charge in [-0.2, -0.15) is 0 Å². The molecule has 0 bridgehead atoms. The molecule has 1 unspecified atom stereocenters. The highest BCUT2D eigenvalue weighted by atomic mass is 16.5. The van der Waals surface area contributed by atoms with Gasteiger partial charge in [0, 0.05) is 12.6 Å². The number of rotatable bonds is 6. The Labute approximate surface area is 117 Å². The first-order chi connectivity index (χ1) is 9.40. The van der Waals surface area contributed by atoms with Crippen molar-refractivity contribution in [1.29, 1.82) is 0 Å². The average molecular weight is 281 g/mol. The molecule has 0 radical (unpaired) electrons. The molecular formula is C14H19NO5. The van der Waals surface area contributed by atoms with Gasteiger partial charge in [0.25, 0.3) is 0 Å². The monoisotopic (exact) mass is 281 g/mol. The van der Waals surface area contributed by atoms with Crippen molar-refractivity contribution >= 4 is 11.9 Å². The standard InChI is InChI=1S/C14H19NO5/c1-9(14(17)18)15(2)13(16)8-10-7-11(19-3)5-6-12(10)20-4/h5-7,9H,8H2,1-4H3,(H,17,18). The number of ether oxygens (including phenoxy) is 2. The number of likely N-dealkylation sites (N-methyl/N-ethyl adjacent to an activating group) is 1. The second-order valence-electron chi connectivity index (χ2n) is 4.37. The summed E-state index contributed by atoms with van der Waals surface area (Å²) in [5.41, 5.74) is 0.654. The van der Waals surface area contributed by atoms with Crippen molar-refractivity contribution in [2.75, 3.05) is 21.3 Å². The van der Waals surface area contributed by atoms with Crippen molar-refractivity contribution in [2.45, 2.75) is 19.4 Å². The van der Waals surface area contributed by atoms with Crippen LogP contribution < -0.4 is 9.47 Å². The first-order valence-electron chi connectivity index (χ1n) is 6.10. The van der Waals surface area contributed by atoms with Gasteiger partial charge in [-0.25, -0.2) is 4.79 Å². The van der Waals surface area contributed by atoms with E-state index >= 15 is 0 Å². The highest BCUT2D eigenvalue weighted by Gasteiger charge is 2.22. The molecule has 0 aromatic heterocycles. The molecule has 110 valence electrons. The molecule has 1 aromatic carbocycles. The van der Waals surface area contributed by atoms with Crippen LogP contribution in [0.1, 0.15) is 12.5 Å². The number of amides is 1. The van der Waals surface area contributed by atoms with E-state index < -0.39 is 12.0 Å². The number of hydrogen-bond acceptors (Lipinski definition) is 4. The third-order valence-electron chi connectivity index (χ3n) is 3.16. The average Bonchev–Trinajstić information content (AvgIpc) is 2.45. The van der Waals surface area contributed by atoms with Gasteiger partial charge in [0.05, 0.1) is 20.6 Å². The van der Waals surface area contributed by atoms with Crippen LogP contribution in [0.2, 0.25) is 0 Å². The van der Waals surface area contributed by atoms with Crippen molar-refractivity contribution in [1.82, 2.24) is 4.90 Å². The fourth-order valence-electron chi connectivity index (χ4n) is 1.69. The molecule has 1 amide bonds. The van der Waals surface area contributed by atoms with Gasteiger partial charge in [0.15, 0.2) is 0 Å². The van der Waals surface area contributed by atoms with Gasteiger partial charge in [-0.1, -0.05) is 0 Å². The third kappa shape index (κ3) is 3.63. The summed E-state index contributed by atoms with van der Waals surface area (Å²) in [4.78, 5) is 24.2. The minimum Gasteiger partial charge on any atom is -0.497 e. The summed E-state index contributed by atoms with van der Waals surface area (Å²) < 4.78 is 10.3. The lowest BCUT2D eigenvalue weighted by Gasteiger charge is -2.22. The van der Waals surface area contributed by atoms with Crippen molar-refractivity contribution in [3.63, 3.8) is 0 Å². The van der Waals surface area contributed by atoms with Crippen LogP contribution in [0.5, 0.6) is 11.5 Å². The predicted octanol–water partition coefficient (Wildman–Crippen LogP) is 1.18. The summed E-state index contributed by atoms with van der Waals surface area (Å²) in [5, 5.41) is 8.91. The number of methoxy groups -OCH3 is 2. The van der Waals surface area contributed by atoms with Gasteiger partial charge in [0.1, 0.15) is 17.5 Å². The van der Waals surface area contributed by atoms with Crippen LogP contribution in [0.4, 0.5) is 0 Å². The SMILES string of the molecule is COc1ccc(OC)c(CC(=O)N(C)C(C)C(=O)O)c1. The number of aliphatic carboxylic acids is 1. The summed E-state index contributed by atoms with van der Waals surface area (Å²) in [6, 6.07) is 4.27. The van der Waals surface area contributed by atoms with E-state index in [1.54, 1.807) is 18.2 Å². The van der Waals surface area contributed by atoms with E-state index in [1.807, 2.05) is 0 Å². The topological polar surface area (TPSA) is 76.1 Å². The van der Waals surface area contributed by atoms with Gasteiger partial charge < -0.3 is 19.5 Å². The molecule has 0 spiro atoms. The molecule has 1 N–H and O–H groups in total. The number of carbonyl (C=O) groups is 2. The highest BCUT2D eigenvalue weighted by molar-refractivity contribution is 5.85. The fourth-order valence-corrected chi connectivity index (χ4v) is 1.69. The number of carbonyl (C=O) groups excluding carboxylic acids is 1. The molecule has 1 rings (SSSR count). The van der Waals surface area contributed by atoms with Crippen molar-refractivity contribution in [3.05, 3.63) is 23.8 Å². The molecule has 1 atom stereocenters. The maximum atomic E-state index is 12.1. The Morgan fingerprint density at radius 1 is 1.30 bits per heavy atom. The lowest BCUT2D eigenvalue weighted by Crippen LogP contribution is -2.41. The van der Waals surface area contributed by atoms with Gasteiger partial charge in [-0.3, -0.25) is 4.79 Å². The van der Waals surface area contributed by atoms with Crippen LogP contribution in [0, 0.1) is 0 Å². The predicted molar refractivity (Wildman–Crippen MR) is 73.1 cm³/mol. The van der Waals surface area contributed by atoms with E-state index in [0.717, 1.165) is 0 Å². The zero-order chi connectivity index (χ0) is 15.3. The fraction of sp³-hybridized carbons (Fsp3) is 0.429. The molecule has 6 heteroatoms. The van der Waals surface area contributed by atoms with Crippen LogP contribution in [-0.4, -0.2) is 49.2 Å². The third-order valence-corrected chi connectivity index (χ3v) is 3.16. The van der Waals surface area contributed by atoms with E-state index in [0.29, 0.717) is 17.1 Å². The molecule has 0 aliphatic heterocycles. The van der Waals surface area contributed by atoms with E-state index in [4.69, 9.17) is 14.6 Å². The number of carboxylic acid groups (broad SMARTS) is 1. The normalized spacial score (nSPS) is 11.6. The Morgan fingerprint density at radius 2 is 1.95 bits per heavy atom. The van der Waals surface area contributed by atoms with E-state index in [-0.39, 0.29) is 12.3 Å². The van der Waals surface area contributed by atoms with Crippen LogP contribution in [0.15, 0.2) is 18.2 Å². The molecule has 20 heavy (non-hydrogen) atoms. The zero-order valence-corrected chi connectivity index (χ0v) is 12.0.